The van der Waals surface area contributed by atoms with Crippen LogP contribution in [0.15, 0.2) is 18.2 Å². The summed E-state index contributed by atoms with van der Waals surface area (Å²) in [7, 11) is 0. The highest BCUT2D eigenvalue weighted by atomic mass is 35.5. The maximum atomic E-state index is 11.3. The first kappa shape index (κ1) is 15.3. The van der Waals surface area contributed by atoms with Crippen LogP contribution in [0.25, 0.3) is 0 Å². The van der Waals surface area contributed by atoms with E-state index in [0.717, 1.165) is 6.42 Å². The molecule has 0 fully saturated rings. The minimum absolute atomic E-state index is 0.295. The van der Waals surface area contributed by atoms with Crippen LogP contribution in [0.1, 0.15) is 31.9 Å². The Kier molecular flexibility index (Phi) is 5.93. The number of rotatable bonds is 6. The van der Waals surface area contributed by atoms with Gasteiger partial charge in [-0.25, -0.2) is 0 Å². The molecular weight excluding hydrogens is 273 g/mol. The molecule has 0 heterocycles. The molecule has 1 aromatic rings. The molecule has 0 aromatic heterocycles. The second-order valence-corrected chi connectivity index (χ2v) is 5.34. The number of carboxylic acid groups (broad SMARTS) is 1. The average Bonchev–Trinajstić information content (AvgIpc) is 2.28. The quantitative estimate of drug-likeness (QED) is 0.838. The molecule has 0 bridgehead atoms. The summed E-state index contributed by atoms with van der Waals surface area (Å²) in [5.41, 5.74) is 0.500. The molecule has 0 aliphatic carbocycles. The third-order valence-corrected chi connectivity index (χ3v) is 3.44. The van der Waals surface area contributed by atoms with Gasteiger partial charge in [0.2, 0.25) is 0 Å². The first-order valence-corrected chi connectivity index (χ1v) is 6.59. The molecule has 1 atom stereocenters. The largest absolute Gasteiger partial charge is 0.480 e. The van der Waals surface area contributed by atoms with E-state index in [-0.39, 0.29) is 0 Å². The van der Waals surface area contributed by atoms with Crippen LogP contribution in [-0.2, 0) is 4.79 Å². The molecular formula is C13H17Cl2NO2. The second-order valence-electron chi connectivity index (χ2n) is 4.55. The lowest BCUT2D eigenvalue weighted by atomic mass is 10.1. The maximum Gasteiger partial charge on any atom is 0.325 e. The van der Waals surface area contributed by atoms with Gasteiger partial charge in [0.15, 0.2) is 0 Å². The van der Waals surface area contributed by atoms with Crippen molar-refractivity contribution in [3.05, 3.63) is 33.8 Å². The molecule has 0 saturated heterocycles. The summed E-state index contributed by atoms with van der Waals surface area (Å²) >= 11 is 11.9. The van der Waals surface area contributed by atoms with Gasteiger partial charge < -0.3 is 10.4 Å². The van der Waals surface area contributed by atoms with Gasteiger partial charge in [0, 0.05) is 5.56 Å². The zero-order valence-electron chi connectivity index (χ0n) is 10.4. The smallest absolute Gasteiger partial charge is 0.325 e. The number of carboxylic acids is 1. The van der Waals surface area contributed by atoms with Crippen molar-refractivity contribution in [3.8, 4) is 0 Å². The molecule has 1 rings (SSSR count). The molecule has 3 nitrogen and oxygen atoms in total. The molecule has 0 spiro atoms. The molecule has 1 aromatic carbocycles. The SMILES string of the molecule is CC(C)CCNC(C(=O)O)c1cccc(Cl)c1Cl. The predicted molar refractivity (Wildman–Crippen MR) is 74.3 cm³/mol. The van der Waals surface area contributed by atoms with Gasteiger partial charge in [-0.05, 0) is 24.9 Å². The zero-order chi connectivity index (χ0) is 13.7. The van der Waals surface area contributed by atoms with E-state index in [4.69, 9.17) is 23.2 Å². The van der Waals surface area contributed by atoms with E-state index in [0.29, 0.717) is 28.1 Å². The van der Waals surface area contributed by atoms with Gasteiger partial charge in [0.05, 0.1) is 10.0 Å². The lowest BCUT2D eigenvalue weighted by molar-refractivity contribution is -0.139. The molecule has 1 unspecified atom stereocenters. The Morgan fingerprint density at radius 2 is 2.06 bits per heavy atom. The zero-order valence-corrected chi connectivity index (χ0v) is 11.9. The molecule has 100 valence electrons. The number of nitrogens with one attached hydrogen (secondary N) is 1. The van der Waals surface area contributed by atoms with Gasteiger partial charge in [-0.15, -0.1) is 0 Å². The van der Waals surface area contributed by atoms with E-state index in [9.17, 15) is 9.90 Å². The first-order chi connectivity index (χ1) is 8.43. The topological polar surface area (TPSA) is 49.3 Å². The van der Waals surface area contributed by atoms with Crippen LogP contribution < -0.4 is 5.32 Å². The number of benzene rings is 1. The maximum absolute atomic E-state index is 11.3. The monoisotopic (exact) mass is 289 g/mol. The van der Waals surface area contributed by atoms with Crippen molar-refractivity contribution in [2.45, 2.75) is 26.3 Å². The molecule has 18 heavy (non-hydrogen) atoms. The van der Waals surface area contributed by atoms with Crippen molar-refractivity contribution in [1.29, 1.82) is 0 Å². The van der Waals surface area contributed by atoms with E-state index in [2.05, 4.69) is 19.2 Å². The highest BCUT2D eigenvalue weighted by Crippen LogP contribution is 2.30. The first-order valence-electron chi connectivity index (χ1n) is 5.83. The highest BCUT2D eigenvalue weighted by molar-refractivity contribution is 6.42. The summed E-state index contributed by atoms with van der Waals surface area (Å²) in [6.45, 7) is 4.80. The number of hydrogen-bond acceptors (Lipinski definition) is 2. The average molecular weight is 290 g/mol. The van der Waals surface area contributed by atoms with E-state index >= 15 is 0 Å². The normalized spacial score (nSPS) is 12.7. The molecule has 0 aliphatic rings. The fourth-order valence-electron chi connectivity index (χ4n) is 1.59. The van der Waals surface area contributed by atoms with Crippen molar-refractivity contribution < 1.29 is 9.90 Å². The van der Waals surface area contributed by atoms with Gasteiger partial charge in [0.1, 0.15) is 6.04 Å². The molecule has 0 radical (unpaired) electrons. The van der Waals surface area contributed by atoms with Crippen LogP contribution in [0, 0.1) is 5.92 Å². The number of carbonyl (C=O) groups is 1. The molecule has 2 N–H and O–H groups in total. The van der Waals surface area contributed by atoms with Gasteiger partial charge >= 0.3 is 5.97 Å². The Labute approximate surface area is 117 Å². The predicted octanol–water partition coefficient (Wildman–Crippen LogP) is 3.75. The van der Waals surface area contributed by atoms with Gasteiger partial charge in [0.25, 0.3) is 0 Å². The van der Waals surface area contributed by atoms with Gasteiger partial charge in [-0.2, -0.15) is 0 Å². The summed E-state index contributed by atoms with van der Waals surface area (Å²) in [6.07, 6.45) is 0.905. The Bertz CT molecular complexity index is 421. The highest BCUT2D eigenvalue weighted by Gasteiger charge is 2.22. The second kappa shape index (κ2) is 6.98. The Morgan fingerprint density at radius 1 is 1.39 bits per heavy atom. The summed E-state index contributed by atoms with van der Waals surface area (Å²) in [5, 5.41) is 12.9. The van der Waals surface area contributed by atoms with Gasteiger partial charge in [-0.3, -0.25) is 4.79 Å². The van der Waals surface area contributed by atoms with Crippen molar-refractivity contribution >= 4 is 29.2 Å². The third-order valence-electron chi connectivity index (χ3n) is 2.61. The van der Waals surface area contributed by atoms with E-state index in [1.165, 1.54) is 0 Å². The molecule has 0 saturated carbocycles. The molecule has 0 aliphatic heterocycles. The molecule has 5 heteroatoms. The third kappa shape index (κ3) is 4.16. The number of halogens is 2. The van der Waals surface area contributed by atoms with Crippen molar-refractivity contribution in [3.63, 3.8) is 0 Å². The van der Waals surface area contributed by atoms with Crippen molar-refractivity contribution in [2.24, 2.45) is 5.92 Å². The van der Waals surface area contributed by atoms with Crippen LogP contribution in [0.4, 0.5) is 0 Å². The van der Waals surface area contributed by atoms with E-state index in [1.807, 2.05) is 0 Å². The van der Waals surface area contributed by atoms with Crippen LogP contribution in [0.5, 0.6) is 0 Å². The fourth-order valence-corrected chi connectivity index (χ4v) is 2.01. The lowest BCUT2D eigenvalue weighted by Gasteiger charge is -2.17. The minimum Gasteiger partial charge on any atom is -0.480 e. The number of aliphatic carboxylic acids is 1. The lowest BCUT2D eigenvalue weighted by Crippen LogP contribution is -2.30. The minimum atomic E-state index is -0.956. The van der Waals surface area contributed by atoms with E-state index in [1.54, 1.807) is 18.2 Å². The summed E-state index contributed by atoms with van der Waals surface area (Å²) in [5.74, 6) is -0.440. The summed E-state index contributed by atoms with van der Waals surface area (Å²) < 4.78 is 0. The fraction of sp³-hybridized carbons (Fsp3) is 0.462. The van der Waals surface area contributed by atoms with Crippen LogP contribution in [-0.4, -0.2) is 17.6 Å². The van der Waals surface area contributed by atoms with Crippen LogP contribution in [0.2, 0.25) is 10.0 Å². The van der Waals surface area contributed by atoms with Gasteiger partial charge in [-0.1, -0.05) is 49.2 Å². The van der Waals surface area contributed by atoms with E-state index < -0.39 is 12.0 Å². The Balaban J connectivity index is 2.84. The number of hydrogen-bond donors (Lipinski definition) is 2. The Morgan fingerprint density at radius 3 is 2.61 bits per heavy atom. The van der Waals surface area contributed by atoms with Crippen LogP contribution >= 0.6 is 23.2 Å². The molecule has 0 amide bonds. The standard InChI is InChI=1S/C13H17Cl2NO2/c1-8(2)6-7-16-12(13(17)18)9-4-3-5-10(14)11(9)15/h3-5,8,12,16H,6-7H2,1-2H3,(H,17,18). The van der Waals surface area contributed by atoms with Crippen molar-refractivity contribution in [1.82, 2.24) is 5.32 Å². The summed E-state index contributed by atoms with van der Waals surface area (Å²) in [6, 6.07) is 4.19. The van der Waals surface area contributed by atoms with Crippen molar-refractivity contribution in [2.75, 3.05) is 6.54 Å². The summed E-state index contributed by atoms with van der Waals surface area (Å²) in [4.78, 5) is 11.3. The Hall–Kier alpha value is -0.770. The van der Waals surface area contributed by atoms with Crippen LogP contribution in [0.3, 0.4) is 0 Å².